The summed E-state index contributed by atoms with van der Waals surface area (Å²) in [7, 11) is -2.95. The van der Waals surface area contributed by atoms with Gasteiger partial charge in [-0.1, -0.05) is 6.42 Å². The number of aliphatic hydroxyl groups is 1. The molecule has 0 saturated heterocycles. The first-order valence-electron chi connectivity index (χ1n) is 5.01. The molecule has 0 heterocycles. The second-order valence-electron chi connectivity index (χ2n) is 4.16. The highest BCUT2D eigenvalue weighted by Crippen LogP contribution is 2.25. The standard InChI is InChI=1S/C9H19NO3S/c1-7(6-11)10-8-4-3-5-9(8)14(2,12)13/h7-11H,3-6H2,1-2H3/t7-,8-,9-/m0/s1. The second-order valence-corrected chi connectivity index (χ2v) is 6.42. The van der Waals surface area contributed by atoms with Crippen LogP contribution in [0.15, 0.2) is 0 Å². The summed E-state index contributed by atoms with van der Waals surface area (Å²) in [6.07, 6.45) is 3.88. The summed E-state index contributed by atoms with van der Waals surface area (Å²) in [5.41, 5.74) is 0. The molecule has 5 heteroatoms. The molecule has 1 aliphatic carbocycles. The van der Waals surface area contributed by atoms with Crippen molar-refractivity contribution in [3.8, 4) is 0 Å². The van der Waals surface area contributed by atoms with Gasteiger partial charge in [0.2, 0.25) is 0 Å². The first-order valence-corrected chi connectivity index (χ1v) is 6.96. The lowest BCUT2D eigenvalue weighted by atomic mass is 10.2. The highest BCUT2D eigenvalue weighted by atomic mass is 32.2. The summed E-state index contributed by atoms with van der Waals surface area (Å²) in [5.74, 6) is 0. The summed E-state index contributed by atoms with van der Waals surface area (Å²) in [4.78, 5) is 0. The smallest absolute Gasteiger partial charge is 0.151 e. The summed E-state index contributed by atoms with van der Waals surface area (Å²) in [6, 6.07) is -0.00509. The third-order valence-electron chi connectivity index (χ3n) is 2.77. The molecule has 0 radical (unpaired) electrons. The van der Waals surface area contributed by atoms with Gasteiger partial charge in [0.25, 0.3) is 0 Å². The zero-order valence-electron chi connectivity index (χ0n) is 8.73. The second kappa shape index (κ2) is 4.59. The van der Waals surface area contributed by atoms with Gasteiger partial charge < -0.3 is 10.4 Å². The molecule has 1 rings (SSSR count). The zero-order valence-corrected chi connectivity index (χ0v) is 9.55. The number of hydrogen-bond donors (Lipinski definition) is 2. The maximum atomic E-state index is 11.4. The topological polar surface area (TPSA) is 66.4 Å². The molecule has 0 aromatic heterocycles. The fourth-order valence-corrected chi connectivity index (χ4v) is 3.45. The van der Waals surface area contributed by atoms with Gasteiger partial charge in [0, 0.05) is 18.3 Å². The summed E-state index contributed by atoms with van der Waals surface area (Å²) in [6.45, 7) is 1.91. The van der Waals surface area contributed by atoms with Crippen molar-refractivity contribution in [2.75, 3.05) is 12.9 Å². The van der Waals surface area contributed by atoms with Gasteiger partial charge in [-0.25, -0.2) is 8.42 Å². The highest BCUT2D eigenvalue weighted by molar-refractivity contribution is 7.91. The van der Waals surface area contributed by atoms with E-state index in [2.05, 4.69) is 5.32 Å². The molecule has 1 aliphatic rings. The van der Waals surface area contributed by atoms with Crippen molar-refractivity contribution in [1.29, 1.82) is 0 Å². The Balaban J connectivity index is 2.60. The molecule has 1 fully saturated rings. The Kier molecular flexibility index (Phi) is 3.92. The summed E-state index contributed by atoms with van der Waals surface area (Å²) >= 11 is 0. The van der Waals surface area contributed by atoms with E-state index in [4.69, 9.17) is 5.11 Å². The fraction of sp³-hybridized carbons (Fsp3) is 1.00. The fourth-order valence-electron chi connectivity index (χ4n) is 2.05. The molecule has 14 heavy (non-hydrogen) atoms. The quantitative estimate of drug-likeness (QED) is 0.697. The average molecular weight is 221 g/mol. The van der Waals surface area contributed by atoms with Crippen molar-refractivity contribution >= 4 is 9.84 Å². The van der Waals surface area contributed by atoms with Crippen molar-refractivity contribution in [3.63, 3.8) is 0 Å². The number of hydrogen-bond acceptors (Lipinski definition) is 4. The Bertz CT molecular complexity index is 276. The van der Waals surface area contributed by atoms with Crippen LogP contribution in [-0.2, 0) is 9.84 Å². The Hall–Kier alpha value is -0.130. The molecule has 3 atom stereocenters. The minimum absolute atomic E-state index is 0.0205. The van der Waals surface area contributed by atoms with Gasteiger partial charge in [0.05, 0.1) is 11.9 Å². The number of rotatable bonds is 4. The molecule has 0 bridgehead atoms. The van der Waals surface area contributed by atoms with E-state index in [0.29, 0.717) is 0 Å². The van der Waals surface area contributed by atoms with Crippen LogP contribution in [0.3, 0.4) is 0 Å². The van der Waals surface area contributed by atoms with Crippen LogP contribution in [-0.4, -0.2) is 43.7 Å². The van der Waals surface area contributed by atoms with E-state index in [1.54, 1.807) is 0 Å². The van der Waals surface area contributed by atoms with Crippen LogP contribution in [0.1, 0.15) is 26.2 Å². The van der Waals surface area contributed by atoms with Gasteiger partial charge >= 0.3 is 0 Å². The van der Waals surface area contributed by atoms with E-state index in [1.165, 1.54) is 6.26 Å². The van der Waals surface area contributed by atoms with Crippen LogP contribution in [0, 0.1) is 0 Å². The van der Waals surface area contributed by atoms with E-state index in [9.17, 15) is 8.42 Å². The molecule has 84 valence electrons. The minimum Gasteiger partial charge on any atom is -0.395 e. The van der Waals surface area contributed by atoms with Gasteiger partial charge in [-0.15, -0.1) is 0 Å². The number of sulfone groups is 1. The maximum Gasteiger partial charge on any atom is 0.151 e. The maximum absolute atomic E-state index is 11.4. The van der Waals surface area contributed by atoms with Crippen LogP contribution in [0.5, 0.6) is 0 Å². The number of aliphatic hydroxyl groups excluding tert-OH is 1. The first-order chi connectivity index (χ1) is 6.45. The molecule has 0 spiro atoms. The van der Waals surface area contributed by atoms with Crippen molar-refractivity contribution in [2.45, 2.75) is 43.5 Å². The Labute approximate surface area is 85.6 Å². The van der Waals surface area contributed by atoms with Crippen molar-refractivity contribution in [3.05, 3.63) is 0 Å². The van der Waals surface area contributed by atoms with Crippen LogP contribution in [0.25, 0.3) is 0 Å². The molecule has 1 saturated carbocycles. The lowest BCUT2D eigenvalue weighted by Gasteiger charge is -2.22. The van der Waals surface area contributed by atoms with Crippen LogP contribution in [0.2, 0.25) is 0 Å². The van der Waals surface area contributed by atoms with Crippen LogP contribution in [0.4, 0.5) is 0 Å². The SMILES string of the molecule is C[C@@H](CO)N[C@H]1CCC[C@@H]1S(C)(=O)=O. The third-order valence-corrected chi connectivity index (χ3v) is 4.44. The summed E-state index contributed by atoms with van der Waals surface area (Å²) in [5, 5.41) is 11.8. The van der Waals surface area contributed by atoms with Crippen molar-refractivity contribution < 1.29 is 13.5 Å². The van der Waals surface area contributed by atoms with E-state index < -0.39 is 9.84 Å². The molecule has 2 N–H and O–H groups in total. The predicted molar refractivity (Wildman–Crippen MR) is 56.0 cm³/mol. The van der Waals surface area contributed by atoms with E-state index in [-0.39, 0.29) is 23.9 Å². The molecular weight excluding hydrogens is 202 g/mol. The van der Waals surface area contributed by atoms with Gasteiger partial charge in [-0.2, -0.15) is 0 Å². The largest absolute Gasteiger partial charge is 0.395 e. The Morgan fingerprint density at radius 3 is 2.64 bits per heavy atom. The first kappa shape index (κ1) is 11.9. The number of nitrogens with one attached hydrogen (secondary N) is 1. The van der Waals surface area contributed by atoms with Crippen LogP contribution >= 0.6 is 0 Å². The molecule has 0 unspecified atom stereocenters. The normalized spacial score (nSPS) is 30.5. The molecule has 4 nitrogen and oxygen atoms in total. The van der Waals surface area contributed by atoms with Gasteiger partial charge in [-0.3, -0.25) is 0 Å². The highest BCUT2D eigenvalue weighted by Gasteiger charge is 2.34. The third kappa shape index (κ3) is 2.93. The van der Waals surface area contributed by atoms with Crippen molar-refractivity contribution in [1.82, 2.24) is 5.32 Å². The minimum atomic E-state index is -2.95. The lowest BCUT2D eigenvalue weighted by molar-refractivity contribution is 0.241. The molecule has 0 aromatic rings. The molecular formula is C9H19NO3S. The van der Waals surface area contributed by atoms with E-state index >= 15 is 0 Å². The lowest BCUT2D eigenvalue weighted by Crippen LogP contribution is -2.45. The molecule has 0 aromatic carbocycles. The Morgan fingerprint density at radius 2 is 2.14 bits per heavy atom. The van der Waals surface area contributed by atoms with Crippen molar-refractivity contribution in [2.24, 2.45) is 0 Å². The molecule has 0 aliphatic heterocycles. The summed E-state index contributed by atoms with van der Waals surface area (Å²) < 4.78 is 22.8. The van der Waals surface area contributed by atoms with Crippen LogP contribution < -0.4 is 5.32 Å². The zero-order chi connectivity index (χ0) is 10.8. The monoisotopic (exact) mass is 221 g/mol. The average Bonchev–Trinajstić information content (AvgIpc) is 2.51. The van der Waals surface area contributed by atoms with E-state index in [0.717, 1.165) is 19.3 Å². The van der Waals surface area contributed by atoms with Gasteiger partial charge in [0.1, 0.15) is 0 Å². The van der Waals surface area contributed by atoms with Gasteiger partial charge in [0.15, 0.2) is 9.84 Å². The molecule has 0 amide bonds. The Morgan fingerprint density at radius 1 is 1.50 bits per heavy atom. The predicted octanol–water partition coefficient (Wildman–Crippen LogP) is -0.0775. The van der Waals surface area contributed by atoms with Gasteiger partial charge in [-0.05, 0) is 19.8 Å². The van der Waals surface area contributed by atoms with E-state index in [1.807, 2.05) is 6.92 Å².